The molecule has 1 aromatic heterocycles. The quantitative estimate of drug-likeness (QED) is 0.747. The van der Waals surface area contributed by atoms with Crippen LogP contribution in [0.1, 0.15) is 16.9 Å². The van der Waals surface area contributed by atoms with Crippen LogP contribution < -0.4 is 0 Å². The lowest BCUT2D eigenvalue weighted by molar-refractivity contribution is -0.112. The van der Waals surface area contributed by atoms with Gasteiger partial charge in [0.05, 0.1) is 6.26 Å². The van der Waals surface area contributed by atoms with Crippen molar-refractivity contribution in [1.29, 1.82) is 0 Å². The van der Waals surface area contributed by atoms with Gasteiger partial charge in [0.25, 0.3) is 0 Å². The van der Waals surface area contributed by atoms with Gasteiger partial charge in [0.1, 0.15) is 5.76 Å². The van der Waals surface area contributed by atoms with Crippen molar-refractivity contribution in [1.82, 2.24) is 0 Å². The fourth-order valence-corrected chi connectivity index (χ4v) is 2.16. The first-order valence-electron chi connectivity index (χ1n) is 5.88. The Labute approximate surface area is 105 Å². The zero-order chi connectivity index (χ0) is 12.4. The summed E-state index contributed by atoms with van der Waals surface area (Å²) in [7, 11) is 0. The predicted molar refractivity (Wildman–Crippen MR) is 70.9 cm³/mol. The fraction of sp³-hybridized carbons (Fsp3) is 0.0625. The van der Waals surface area contributed by atoms with Gasteiger partial charge in [-0.1, -0.05) is 36.4 Å². The fourth-order valence-electron chi connectivity index (χ4n) is 2.16. The van der Waals surface area contributed by atoms with E-state index in [9.17, 15) is 4.79 Å². The van der Waals surface area contributed by atoms with Crippen molar-refractivity contribution < 1.29 is 9.21 Å². The molecule has 0 amide bonds. The molecule has 0 saturated heterocycles. The summed E-state index contributed by atoms with van der Waals surface area (Å²) >= 11 is 0. The average molecular weight is 236 g/mol. The molecule has 2 aromatic rings. The first-order chi connectivity index (χ1) is 8.84. The molecule has 0 N–H and O–H groups in total. The molecule has 0 bridgehead atoms. The lowest BCUT2D eigenvalue weighted by Gasteiger charge is -1.96. The number of carbonyl (C=O) groups is 1. The maximum Gasteiger partial charge on any atom is 0.167 e. The molecule has 0 unspecified atom stereocenters. The highest BCUT2D eigenvalue weighted by Gasteiger charge is 2.22. The topological polar surface area (TPSA) is 30.2 Å². The second kappa shape index (κ2) is 4.49. The number of fused-ring (bicyclic) bond motifs is 1. The van der Waals surface area contributed by atoms with Gasteiger partial charge in [-0.3, -0.25) is 4.79 Å². The van der Waals surface area contributed by atoms with Crippen molar-refractivity contribution in [2.24, 2.45) is 0 Å². The maximum absolute atomic E-state index is 11.9. The van der Waals surface area contributed by atoms with Gasteiger partial charge in [0, 0.05) is 12.0 Å². The van der Waals surface area contributed by atoms with Crippen LogP contribution in [0, 0.1) is 0 Å². The Morgan fingerprint density at radius 2 is 2.00 bits per heavy atom. The second-order valence-corrected chi connectivity index (χ2v) is 4.21. The Kier molecular flexibility index (Phi) is 2.69. The van der Waals surface area contributed by atoms with E-state index in [0.29, 0.717) is 6.42 Å². The molecule has 88 valence electrons. The van der Waals surface area contributed by atoms with E-state index < -0.39 is 0 Å². The van der Waals surface area contributed by atoms with Crippen LogP contribution in [-0.4, -0.2) is 5.78 Å². The first-order valence-corrected chi connectivity index (χ1v) is 5.88. The van der Waals surface area contributed by atoms with Crippen molar-refractivity contribution in [3.8, 4) is 0 Å². The summed E-state index contributed by atoms with van der Waals surface area (Å²) in [6, 6.07) is 11.6. The van der Waals surface area contributed by atoms with Gasteiger partial charge in [-0.05, 0) is 29.3 Å². The molecule has 0 aliphatic heterocycles. The van der Waals surface area contributed by atoms with Crippen molar-refractivity contribution in [2.75, 3.05) is 0 Å². The Bertz CT molecular complexity index is 631. The summed E-state index contributed by atoms with van der Waals surface area (Å²) < 4.78 is 5.19. The summed E-state index contributed by atoms with van der Waals surface area (Å²) in [5.41, 5.74) is 2.94. The third kappa shape index (κ3) is 1.93. The normalized spacial score (nSPS) is 16.7. The van der Waals surface area contributed by atoms with Crippen molar-refractivity contribution >= 4 is 17.4 Å². The summed E-state index contributed by atoms with van der Waals surface area (Å²) in [6.45, 7) is 0. The third-order valence-corrected chi connectivity index (χ3v) is 3.03. The average Bonchev–Trinajstić information content (AvgIpc) is 2.98. The highest BCUT2D eigenvalue weighted by molar-refractivity contribution is 6.25. The molecular formula is C16H12O2. The molecule has 18 heavy (non-hydrogen) atoms. The number of carbonyl (C=O) groups excluding carboxylic acids is 1. The van der Waals surface area contributed by atoms with E-state index in [1.807, 2.05) is 54.6 Å². The highest BCUT2D eigenvalue weighted by atomic mass is 16.3. The predicted octanol–water partition coefficient (Wildman–Crippen LogP) is 3.50. The van der Waals surface area contributed by atoms with Crippen molar-refractivity contribution in [3.05, 3.63) is 71.7 Å². The lowest BCUT2D eigenvalue weighted by atomic mass is 10.1. The molecule has 0 saturated carbocycles. The molecular weight excluding hydrogens is 224 g/mol. The highest BCUT2D eigenvalue weighted by Crippen LogP contribution is 2.29. The Morgan fingerprint density at radius 3 is 2.83 bits per heavy atom. The molecule has 0 fully saturated rings. The van der Waals surface area contributed by atoms with E-state index in [1.165, 1.54) is 0 Å². The molecule has 1 heterocycles. The number of hydrogen-bond donors (Lipinski definition) is 0. The van der Waals surface area contributed by atoms with Crippen LogP contribution in [0.5, 0.6) is 0 Å². The number of allylic oxidation sites excluding steroid dienone is 3. The van der Waals surface area contributed by atoms with Gasteiger partial charge in [-0.15, -0.1) is 0 Å². The number of rotatable bonds is 2. The number of hydrogen-bond acceptors (Lipinski definition) is 2. The summed E-state index contributed by atoms with van der Waals surface area (Å²) in [6.07, 6.45) is 7.70. The zero-order valence-corrected chi connectivity index (χ0v) is 9.80. The van der Waals surface area contributed by atoms with E-state index in [1.54, 1.807) is 6.26 Å². The Hall–Kier alpha value is -2.35. The molecule has 0 radical (unpaired) electrons. The van der Waals surface area contributed by atoms with Gasteiger partial charge in [-0.25, -0.2) is 0 Å². The van der Waals surface area contributed by atoms with Crippen LogP contribution in [0.15, 0.2) is 59.2 Å². The minimum atomic E-state index is 0.181. The zero-order valence-electron chi connectivity index (χ0n) is 9.80. The minimum absolute atomic E-state index is 0.181. The van der Waals surface area contributed by atoms with Crippen LogP contribution in [0.3, 0.4) is 0 Å². The Balaban J connectivity index is 1.90. The SMILES string of the molecule is O=C1Cc2ccccc2/C1=C/C=C/c1ccco1. The number of Topliss-reactive ketones (excluding diaryl/α,β-unsaturated/α-hetero) is 1. The van der Waals surface area contributed by atoms with E-state index in [4.69, 9.17) is 4.42 Å². The standard InChI is InChI=1S/C16H12O2/c17-16-11-12-5-1-2-8-14(12)15(16)9-3-6-13-7-4-10-18-13/h1-10H,11H2/b6-3+,15-9-. The van der Waals surface area contributed by atoms with Gasteiger partial charge in [-0.2, -0.15) is 0 Å². The van der Waals surface area contributed by atoms with Gasteiger partial charge >= 0.3 is 0 Å². The van der Waals surface area contributed by atoms with Gasteiger partial charge in [0.2, 0.25) is 0 Å². The molecule has 2 heteroatoms. The molecule has 3 rings (SSSR count). The summed E-state index contributed by atoms with van der Waals surface area (Å²) in [5.74, 6) is 0.964. The summed E-state index contributed by atoms with van der Waals surface area (Å²) in [5, 5.41) is 0. The van der Waals surface area contributed by atoms with Crippen LogP contribution in [-0.2, 0) is 11.2 Å². The maximum atomic E-state index is 11.9. The van der Waals surface area contributed by atoms with Gasteiger partial charge < -0.3 is 4.42 Å². The van der Waals surface area contributed by atoms with Gasteiger partial charge in [0.15, 0.2) is 5.78 Å². The number of benzene rings is 1. The first kappa shape index (κ1) is 10.8. The summed E-state index contributed by atoms with van der Waals surface area (Å²) in [4.78, 5) is 11.9. The van der Waals surface area contributed by atoms with Crippen LogP contribution in [0.2, 0.25) is 0 Å². The van der Waals surface area contributed by atoms with Crippen molar-refractivity contribution in [2.45, 2.75) is 6.42 Å². The molecule has 1 aliphatic rings. The van der Waals surface area contributed by atoms with E-state index in [0.717, 1.165) is 22.5 Å². The van der Waals surface area contributed by atoms with Crippen LogP contribution in [0.4, 0.5) is 0 Å². The van der Waals surface area contributed by atoms with Crippen LogP contribution >= 0.6 is 0 Å². The minimum Gasteiger partial charge on any atom is -0.465 e. The third-order valence-electron chi connectivity index (χ3n) is 3.03. The van der Waals surface area contributed by atoms with Crippen molar-refractivity contribution in [3.63, 3.8) is 0 Å². The lowest BCUT2D eigenvalue weighted by Crippen LogP contribution is -1.92. The van der Waals surface area contributed by atoms with E-state index in [2.05, 4.69) is 0 Å². The van der Waals surface area contributed by atoms with Crippen LogP contribution in [0.25, 0.3) is 11.6 Å². The molecule has 0 atom stereocenters. The molecule has 1 aliphatic carbocycles. The largest absolute Gasteiger partial charge is 0.465 e. The molecule has 1 aromatic carbocycles. The van der Waals surface area contributed by atoms with E-state index >= 15 is 0 Å². The molecule has 2 nitrogen and oxygen atoms in total. The smallest absolute Gasteiger partial charge is 0.167 e. The number of furan rings is 1. The second-order valence-electron chi connectivity index (χ2n) is 4.21. The van der Waals surface area contributed by atoms with E-state index in [-0.39, 0.29) is 5.78 Å². The number of ketones is 1. The molecule has 0 spiro atoms. The Morgan fingerprint density at radius 1 is 1.11 bits per heavy atom. The monoisotopic (exact) mass is 236 g/mol.